The summed E-state index contributed by atoms with van der Waals surface area (Å²) in [4.78, 5) is 16.5. The Bertz CT molecular complexity index is 670. The van der Waals surface area contributed by atoms with Crippen molar-refractivity contribution in [1.29, 1.82) is 0 Å². The van der Waals surface area contributed by atoms with Gasteiger partial charge in [-0.25, -0.2) is 0 Å². The topological polar surface area (TPSA) is 94.0 Å². The minimum absolute atomic E-state index is 0. The Balaban J connectivity index is 0.00000264. The van der Waals surface area contributed by atoms with Gasteiger partial charge in [-0.1, -0.05) is 25.1 Å². The number of nitrogens with one attached hydrogen (secondary N) is 1. The maximum Gasteiger partial charge on any atom is 0.257 e. The van der Waals surface area contributed by atoms with Crippen LogP contribution in [0.1, 0.15) is 32.2 Å². The molecule has 0 saturated carbocycles. The molecule has 0 radical (unpaired) electrons. The molecular formula is C16H23ClN4O2. The standard InChI is InChI=1S/C16H22N4O2.ClH/c1-5-14-19-16(22-20-14)12-7-6-9(2)13(8-12)18-15(21)10(3)11(4)17;/h6-8,10-11H,5,17H2,1-4H3,(H,18,21);1H. The second-order valence-electron chi connectivity index (χ2n) is 5.54. The molecule has 2 unspecified atom stereocenters. The molecule has 7 heteroatoms. The molecule has 0 aliphatic rings. The molecule has 126 valence electrons. The van der Waals surface area contributed by atoms with Gasteiger partial charge in [0.1, 0.15) is 0 Å². The van der Waals surface area contributed by atoms with Crippen LogP contribution >= 0.6 is 12.4 Å². The van der Waals surface area contributed by atoms with Gasteiger partial charge in [-0.05, 0) is 31.5 Å². The molecule has 2 aromatic rings. The van der Waals surface area contributed by atoms with Crippen LogP contribution in [0, 0.1) is 12.8 Å². The van der Waals surface area contributed by atoms with Gasteiger partial charge in [0, 0.05) is 23.7 Å². The molecule has 2 atom stereocenters. The van der Waals surface area contributed by atoms with Crippen LogP contribution < -0.4 is 11.1 Å². The lowest BCUT2D eigenvalue weighted by atomic mass is 10.0. The van der Waals surface area contributed by atoms with E-state index in [-0.39, 0.29) is 30.3 Å². The van der Waals surface area contributed by atoms with Crippen molar-refractivity contribution < 1.29 is 9.32 Å². The second kappa shape index (κ2) is 8.08. The molecule has 1 aromatic heterocycles. The Labute approximate surface area is 142 Å². The van der Waals surface area contributed by atoms with Gasteiger partial charge in [0.15, 0.2) is 5.82 Å². The highest BCUT2D eigenvalue weighted by molar-refractivity contribution is 5.94. The van der Waals surface area contributed by atoms with E-state index in [1.54, 1.807) is 0 Å². The van der Waals surface area contributed by atoms with Crippen molar-refractivity contribution in [2.45, 2.75) is 40.2 Å². The molecule has 23 heavy (non-hydrogen) atoms. The van der Waals surface area contributed by atoms with Crippen molar-refractivity contribution in [3.8, 4) is 11.5 Å². The summed E-state index contributed by atoms with van der Waals surface area (Å²) in [5.74, 6) is 0.743. The Hall–Kier alpha value is -1.92. The van der Waals surface area contributed by atoms with Crippen LogP contribution in [-0.4, -0.2) is 22.1 Å². The van der Waals surface area contributed by atoms with E-state index in [1.165, 1.54) is 0 Å². The Morgan fingerprint density at radius 1 is 1.39 bits per heavy atom. The lowest BCUT2D eigenvalue weighted by Crippen LogP contribution is -2.34. The molecule has 1 amide bonds. The van der Waals surface area contributed by atoms with E-state index < -0.39 is 0 Å². The van der Waals surface area contributed by atoms with E-state index in [4.69, 9.17) is 10.3 Å². The van der Waals surface area contributed by atoms with Crippen molar-refractivity contribution in [3.05, 3.63) is 29.6 Å². The number of carbonyl (C=O) groups excluding carboxylic acids is 1. The first-order valence-electron chi connectivity index (χ1n) is 7.42. The molecule has 1 aromatic carbocycles. The highest BCUT2D eigenvalue weighted by atomic mass is 35.5. The zero-order chi connectivity index (χ0) is 16.3. The molecule has 0 bridgehead atoms. The molecule has 0 fully saturated rings. The third kappa shape index (κ3) is 4.53. The largest absolute Gasteiger partial charge is 0.334 e. The number of carbonyl (C=O) groups is 1. The van der Waals surface area contributed by atoms with Crippen molar-refractivity contribution in [2.75, 3.05) is 5.32 Å². The maximum atomic E-state index is 12.2. The zero-order valence-electron chi connectivity index (χ0n) is 13.8. The van der Waals surface area contributed by atoms with Crippen LogP contribution in [0.15, 0.2) is 22.7 Å². The summed E-state index contributed by atoms with van der Waals surface area (Å²) in [6.07, 6.45) is 0.713. The van der Waals surface area contributed by atoms with Gasteiger partial charge in [0.2, 0.25) is 5.91 Å². The molecule has 2 rings (SSSR count). The fourth-order valence-corrected chi connectivity index (χ4v) is 1.89. The number of hydrogen-bond acceptors (Lipinski definition) is 5. The Kier molecular flexibility index (Phi) is 6.72. The third-order valence-electron chi connectivity index (χ3n) is 3.73. The van der Waals surface area contributed by atoms with Gasteiger partial charge in [-0.2, -0.15) is 4.98 Å². The average molecular weight is 339 g/mol. The van der Waals surface area contributed by atoms with Crippen LogP contribution in [0.5, 0.6) is 0 Å². The first-order chi connectivity index (χ1) is 10.4. The van der Waals surface area contributed by atoms with Gasteiger partial charge in [-0.15, -0.1) is 12.4 Å². The summed E-state index contributed by atoms with van der Waals surface area (Å²) in [7, 11) is 0. The molecule has 3 N–H and O–H groups in total. The molecular weight excluding hydrogens is 316 g/mol. The van der Waals surface area contributed by atoms with Crippen LogP contribution in [0.25, 0.3) is 11.5 Å². The summed E-state index contributed by atoms with van der Waals surface area (Å²) in [6, 6.07) is 5.45. The number of nitrogens with zero attached hydrogens (tertiary/aromatic N) is 2. The first-order valence-corrected chi connectivity index (χ1v) is 7.42. The summed E-state index contributed by atoms with van der Waals surface area (Å²) < 4.78 is 5.23. The highest BCUT2D eigenvalue weighted by Crippen LogP contribution is 2.25. The number of rotatable bonds is 5. The normalized spacial score (nSPS) is 13.1. The number of halogens is 1. The van der Waals surface area contributed by atoms with E-state index in [0.29, 0.717) is 18.1 Å². The summed E-state index contributed by atoms with van der Waals surface area (Å²) in [5.41, 5.74) is 8.24. The zero-order valence-corrected chi connectivity index (χ0v) is 14.6. The SMILES string of the molecule is CCc1noc(-c2ccc(C)c(NC(=O)C(C)C(C)N)c2)n1.Cl. The van der Waals surface area contributed by atoms with Crippen molar-refractivity contribution in [3.63, 3.8) is 0 Å². The number of aryl methyl sites for hydroxylation is 2. The quantitative estimate of drug-likeness (QED) is 0.874. The van der Waals surface area contributed by atoms with Crippen molar-refractivity contribution in [2.24, 2.45) is 11.7 Å². The predicted octanol–water partition coefficient (Wildman–Crippen LogP) is 2.95. The average Bonchev–Trinajstić information content (AvgIpc) is 2.97. The number of hydrogen-bond donors (Lipinski definition) is 2. The molecule has 0 aliphatic carbocycles. The number of nitrogens with two attached hydrogens (primary N) is 1. The minimum Gasteiger partial charge on any atom is -0.334 e. The van der Waals surface area contributed by atoms with E-state index in [0.717, 1.165) is 16.8 Å². The third-order valence-corrected chi connectivity index (χ3v) is 3.73. The molecule has 0 saturated heterocycles. The van der Waals surface area contributed by atoms with E-state index in [9.17, 15) is 4.79 Å². The Morgan fingerprint density at radius 3 is 2.65 bits per heavy atom. The first kappa shape index (κ1) is 19.1. The molecule has 6 nitrogen and oxygen atoms in total. The summed E-state index contributed by atoms with van der Waals surface area (Å²) >= 11 is 0. The lowest BCUT2D eigenvalue weighted by Gasteiger charge is -2.16. The number of anilines is 1. The van der Waals surface area contributed by atoms with Crippen molar-refractivity contribution in [1.82, 2.24) is 10.1 Å². The smallest absolute Gasteiger partial charge is 0.257 e. The Morgan fingerprint density at radius 2 is 2.09 bits per heavy atom. The minimum atomic E-state index is -0.266. The summed E-state index contributed by atoms with van der Waals surface area (Å²) in [6.45, 7) is 7.52. The fraction of sp³-hybridized carbons (Fsp3) is 0.438. The molecule has 0 aliphatic heterocycles. The van der Waals surface area contributed by atoms with Gasteiger partial charge in [0.05, 0.1) is 5.92 Å². The van der Waals surface area contributed by atoms with Crippen LogP contribution in [0.3, 0.4) is 0 Å². The van der Waals surface area contributed by atoms with Crippen molar-refractivity contribution >= 4 is 24.0 Å². The lowest BCUT2D eigenvalue weighted by molar-refractivity contribution is -0.119. The second-order valence-corrected chi connectivity index (χ2v) is 5.54. The van der Waals surface area contributed by atoms with Crippen LogP contribution in [0.2, 0.25) is 0 Å². The number of aromatic nitrogens is 2. The maximum absolute atomic E-state index is 12.2. The van der Waals surface area contributed by atoms with E-state index in [2.05, 4.69) is 15.5 Å². The summed E-state index contributed by atoms with van der Waals surface area (Å²) in [5, 5.41) is 6.80. The predicted molar refractivity (Wildman–Crippen MR) is 92.5 cm³/mol. The number of benzene rings is 1. The highest BCUT2D eigenvalue weighted by Gasteiger charge is 2.18. The molecule has 0 spiro atoms. The van der Waals surface area contributed by atoms with Crippen LogP contribution in [0.4, 0.5) is 5.69 Å². The fourth-order valence-electron chi connectivity index (χ4n) is 1.89. The van der Waals surface area contributed by atoms with Crippen LogP contribution in [-0.2, 0) is 11.2 Å². The van der Waals surface area contributed by atoms with E-state index >= 15 is 0 Å². The van der Waals surface area contributed by atoms with Gasteiger partial charge >= 0.3 is 0 Å². The van der Waals surface area contributed by atoms with Gasteiger partial charge < -0.3 is 15.6 Å². The monoisotopic (exact) mass is 338 g/mol. The van der Waals surface area contributed by atoms with E-state index in [1.807, 2.05) is 45.9 Å². The molecule has 1 heterocycles. The van der Waals surface area contributed by atoms with Gasteiger partial charge in [-0.3, -0.25) is 4.79 Å². The number of amides is 1. The van der Waals surface area contributed by atoms with Gasteiger partial charge in [0.25, 0.3) is 5.89 Å².